The summed E-state index contributed by atoms with van der Waals surface area (Å²) in [7, 11) is 0. The SMILES string of the molecule is C1CNC2(CCN1)CCOCC2. The predicted molar refractivity (Wildman–Crippen MR) is 48.3 cm³/mol. The third-order valence-corrected chi connectivity index (χ3v) is 3.03. The van der Waals surface area contributed by atoms with E-state index in [1.54, 1.807) is 0 Å². The van der Waals surface area contributed by atoms with Crippen LogP contribution in [0.5, 0.6) is 0 Å². The molecular weight excluding hydrogens is 152 g/mol. The van der Waals surface area contributed by atoms with E-state index in [4.69, 9.17) is 4.74 Å². The molecule has 2 saturated heterocycles. The highest BCUT2D eigenvalue weighted by atomic mass is 16.5. The molecule has 12 heavy (non-hydrogen) atoms. The van der Waals surface area contributed by atoms with Gasteiger partial charge in [-0.05, 0) is 25.8 Å². The summed E-state index contributed by atoms with van der Waals surface area (Å²) in [6.45, 7) is 5.26. The Morgan fingerprint density at radius 2 is 1.75 bits per heavy atom. The van der Waals surface area contributed by atoms with Gasteiger partial charge in [-0.15, -0.1) is 0 Å². The van der Waals surface area contributed by atoms with E-state index >= 15 is 0 Å². The molecule has 2 N–H and O–H groups in total. The van der Waals surface area contributed by atoms with Crippen molar-refractivity contribution in [1.29, 1.82) is 0 Å². The number of hydrogen-bond acceptors (Lipinski definition) is 3. The topological polar surface area (TPSA) is 33.3 Å². The van der Waals surface area contributed by atoms with E-state index in [0.717, 1.165) is 32.8 Å². The van der Waals surface area contributed by atoms with Crippen LogP contribution in [0.3, 0.4) is 0 Å². The molecule has 2 heterocycles. The minimum atomic E-state index is 0.405. The minimum absolute atomic E-state index is 0.405. The molecule has 0 aromatic carbocycles. The second kappa shape index (κ2) is 3.73. The molecule has 0 saturated carbocycles. The van der Waals surface area contributed by atoms with E-state index in [0.29, 0.717) is 5.54 Å². The lowest BCUT2D eigenvalue weighted by Gasteiger charge is -2.37. The highest BCUT2D eigenvalue weighted by Gasteiger charge is 2.32. The molecule has 0 radical (unpaired) electrons. The molecule has 0 atom stereocenters. The van der Waals surface area contributed by atoms with Crippen LogP contribution in [0.25, 0.3) is 0 Å². The van der Waals surface area contributed by atoms with Gasteiger partial charge in [0, 0.05) is 31.8 Å². The highest BCUT2D eigenvalue weighted by Crippen LogP contribution is 2.24. The van der Waals surface area contributed by atoms with E-state index in [2.05, 4.69) is 10.6 Å². The molecule has 70 valence electrons. The average molecular weight is 170 g/mol. The molecule has 0 aromatic heterocycles. The first-order valence-electron chi connectivity index (χ1n) is 4.95. The van der Waals surface area contributed by atoms with Crippen molar-refractivity contribution in [1.82, 2.24) is 10.6 Å². The second-order valence-corrected chi connectivity index (χ2v) is 3.82. The van der Waals surface area contributed by atoms with Gasteiger partial charge in [0.15, 0.2) is 0 Å². The molecule has 2 rings (SSSR count). The molecule has 2 aliphatic rings. The maximum Gasteiger partial charge on any atom is 0.0483 e. The first kappa shape index (κ1) is 8.48. The smallest absolute Gasteiger partial charge is 0.0483 e. The summed E-state index contributed by atoms with van der Waals surface area (Å²) in [4.78, 5) is 0. The minimum Gasteiger partial charge on any atom is -0.381 e. The van der Waals surface area contributed by atoms with Gasteiger partial charge in [-0.25, -0.2) is 0 Å². The van der Waals surface area contributed by atoms with Crippen LogP contribution in [-0.4, -0.2) is 38.4 Å². The molecule has 3 heteroatoms. The number of rotatable bonds is 0. The fraction of sp³-hybridized carbons (Fsp3) is 1.00. The van der Waals surface area contributed by atoms with Crippen molar-refractivity contribution in [3.05, 3.63) is 0 Å². The molecule has 3 nitrogen and oxygen atoms in total. The maximum atomic E-state index is 5.38. The van der Waals surface area contributed by atoms with Crippen molar-refractivity contribution >= 4 is 0 Å². The van der Waals surface area contributed by atoms with Crippen LogP contribution in [0.1, 0.15) is 19.3 Å². The van der Waals surface area contributed by atoms with Crippen molar-refractivity contribution in [3.63, 3.8) is 0 Å². The van der Waals surface area contributed by atoms with E-state index in [-0.39, 0.29) is 0 Å². The molecule has 0 aromatic rings. The Morgan fingerprint density at radius 1 is 0.917 bits per heavy atom. The summed E-state index contributed by atoms with van der Waals surface area (Å²) in [5.41, 5.74) is 0.405. The molecule has 1 spiro atoms. The normalized spacial score (nSPS) is 30.0. The lowest BCUT2D eigenvalue weighted by Crippen LogP contribution is -2.49. The van der Waals surface area contributed by atoms with Gasteiger partial charge >= 0.3 is 0 Å². The fourth-order valence-electron chi connectivity index (χ4n) is 2.15. The third-order valence-electron chi connectivity index (χ3n) is 3.03. The van der Waals surface area contributed by atoms with Crippen LogP contribution in [0.4, 0.5) is 0 Å². The molecule has 2 aliphatic heterocycles. The Balaban J connectivity index is 1.95. The van der Waals surface area contributed by atoms with E-state index in [1.807, 2.05) is 0 Å². The second-order valence-electron chi connectivity index (χ2n) is 3.82. The average Bonchev–Trinajstić information content (AvgIpc) is 2.33. The summed E-state index contributed by atoms with van der Waals surface area (Å²) in [5, 5.41) is 7.07. The largest absolute Gasteiger partial charge is 0.381 e. The molecule has 0 bridgehead atoms. The summed E-state index contributed by atoms with van der Waals surface area (Å²) in [6.07, 6.45) is 3.64. The number of nitrogens with one attached hydrogen (secondary N) is 2. The third kappa shape index (κ3) is 1.79. The first-order chi connectivity index (χ1) is 5.91. The van der Waals surface area contributed by atoms with Crippen LogP contribution in [0, 0.1) is 0 Å². The maximum absolute atomic E-state index is 5.38. The van der Waals surface area contributed by atoms with Gasteiger partial charge in [0.1, 0.15) is 0 Å². The Labute approximate surface area is 73.9 Å². The van der Waals surface area contributed by atoms with Gasteiger partial charge in [-0.1, -0.05) is 0 Å². The first-order valence-corrected chi connectivity index (χ1v) is 4.95. The van der Waals surface area contributed by atoms with Gasteiger partial charge in [0.05, 0.1) is 0 Å². The van der Waals surface area contributed by atoms with Crippen molar-refractivity contribution in [2.45, 2.75) is 24.8 Å². The Morgan fingerprint density at radius 3 is 2.58 bits per heavy atom. The predicted octanol–water partition coefficient (Wildman–Crippen LogP) is 0.118. The lowest BCUT2D eigenvalue weighted by atomic mass is 9.87. The molecular formula is C9H18N2O. The van der Waals surface area contributed by atoms with Crippen LogP contribution in [0.15, 0.2) is 0 Å². The molecule has 0 aliphatic carbocycles. The van der Waals surface area contributed by atoms with Crippen LogP contribution < -0.4 is 10.6 Å². The zero-order chi connectivity index (χ0) is 8.28. The highest BCUT2D eigenvalue weighted by molar-refractivity contribution is 4.92. The van der Waals surface area contributed by atoms with Crippen molar-refractivity contribution < 1.29 is 4.74 Å². The van der Waals surface area contributed by atoms with Gasteiger partial charge < -0.3 is 15.4 Å². The van der Waals surface area contributed by atoms with Crippen molar-refractivity contribution in [2.75, 3.05) is 32.8 Å². The number of ether oxygens (including phenoxy) is 1. The van der Waals surface area contributed by atoms with Gasteiger partial charge in [0.2, 0.25) is 0 Å². The van der Waals surface area contributed by atoms with Crippen LogP contribution in [-0.2, 0) is 4.74 Å². The van der Waals surface area contributed by atoms with Crippen LogP contribution >= 0.6 is 0 Å². The van der Waals surface area contributed by atoms with Gasteiger partial charge in [-0.3, -0.25) is 0 Å². The summed E-state index contributed by atoms with van der Waals surface area (Å²) < 4.78 is 5.38. The Hall–Kier alpha value is -0.120. The standard InChI is InChI=1S/C9H18N2O/c1-4-10-5-6-11-9(1)2-7-12-8-3-9/h10-11H,1-8H2. The van der Waals surface area contributed by atoms with Crippen LogP contribution in [0.2, 0.25) is 0 Å². The summed E-state index contributed by atoms with van der Waals surface area (Å²) in [5.74, 6) is 0. The van der Waals surface area contributed by atoms with E-state index < -0.39 is 0 Å². The quantitative estimate of drug-likeness (QED) is 0.542. The summed E-state index contributed by atoms with van der Waals surface area (Å²) in [6, 6.07) is 0. The molecule has 0 amide bonds. The monoisotopic (exact) mass is 170 g/mol. The Bertz CT molecular complexity index is 133. The Kier molecular flexibility index (Phi) is 2.63. The van der Waals surface area contributed by atoms with E-state index in [9.17, 15) is 0 Å². The van der Waals surface area contributed by atoms with Crippen molar-refractivity contribution in [2.24, 2.45) is 0 Å². The summed E-state index contributed by atoms with van der Waals surface area (Å²) >= 11 is 0. The zero-order valence-corrected chi connectivity index (χ0v) is 7.57. The zero-order valence-electron chi connectivity index (χ0n) is 7.57. The van der Waals surface area contributed by atoms with E-state index in [1.165, 1.54) is 19.3 Å². The fourth-order valence-corrected chi connectivity index (χ4v) is 2.15. The van der Waals surface area contributed by atoms with Crippen molar-refractivity contribution in [3.8, 4) is 0 Å². The molecule has 0 unspecified atom stereocenters. The number of hydrogen-bond donors (Lipinski definition) is 2. The van der Waals surface area contributed by atoms with Gasteiger partial charge in [0.25, 0.3) is 0 Å². The molecule has 2 fully saturated rings. The lowest BCUT2D eigenvalue weighted by molar-refractivity contribution is 0.0379. The van der Waals surface area contributed by atoms with Gasteiger partial charge in [-0.2, -0.15) is 0 Å².